The first-order chi connectivity index (χ1) is 61.9. The zero-order valence-corrected chi connectivity index (χ0v) is 84.7. The molecule has 6 saturated heterocycles. The number of rotatable bonds is 29. The maximum absolute atomic E-state index is 12.7. The molecule has 2 amide bonds. The third kappa shape index (κ3) is 35.3. The van der Waals surface area contributed by atoms with Crippen molar-refractivity contribution in [2.24, 2.45) is 36.1 Å². The van der Waals surface area contributed by atoms with E-state index in [4.69, 9.17) is 67.9 Å². The number of aliphatic imine (C=N–C) groups is 4. The topological polar surface area (TPSA) is 369 Å². The Kier molecular flexibility index (Phi) is 44.8. The van der Waals surface area contributed by atoms with E-state index in [1.165, 1.54) is 20.2 Å². The lowest BCUT2D eigenvalue weighted by Gasteiger charge is -2.32. The maximum atomic E-state index is 12.7. The average molecular weight is 1900 g/mol. The lowest BCUT2D eigenvalue weighted by molar-refractivity contribution is -0.0754. The molecule has 0 aliphatic carbocycles. The van der Waals surface area contributed by atoms with Gasteiger partial charge in [0.1, 0.15) is 106 Å². The largest absolute Gasteiger partial charge is 0.378 e. The predicted molar refractivity (Wildman–Crippen MR) is 525 cm³/mol. The Morgan fingerprint density at radius 2 is 0.962 bits per heavy atom. The van der Waals surface area contributed by atoms with E-state index in [0.717, 1.165) is 102 Å². The number of unbranched alkanes of at least 4 members (excludes halogenated alkanes) is 1. The number of thioether (sulfide) groups is 4. The minimum Gasteiger partial charge on any atom is -0.378 e. The highest BCUT2D eigenvalue weighted by Crippen LogP contribution is 2.37. The molecule has 0 radical (unpaired) electrons. The number of aryl methyl sites for hydroxylation is 1. The van der Waals surface area contributed by atoms with Crippen molar-refractivity contribution in [1.29, 1.82) is 0 Å². The number of carbonyl (C=O) groups excluding carboxylic acids is 1. The molecule has 2 unspecified atom stereocenters. The first kappa shape index (κ1) is 110. The van der Waals surface area contributed by atoms with Gasteiger partial charge in [-0.15, -0.1) is 47.0 Å². The molecule has 11 aliphatic rings. The minimum absolute atomic E-state index is 0.00835. The Morgan fingerprint density at radius 3 is 1.34 bits per heavy atom. The first-order valence-corrected chi connectivity index (χ1v) is 48.8. The van der Waals surface area contributed by atoms with Crippen LogP contribution < -0.4 is 21.9 Å². The molecular weight excluding hydrogens is 1760 g/mol. The number of ether oxygens (including phenoxy) is 12. The number of aromatic nitrogens is 2. The van der Waals surface area contributed by atoms with Crippen LogP contribution >= 0.6 is 47.0 Å². The second-order valence-corrected chi connectivity index (χ2v) is 40.5. The second kappa shape index (κ2) is 53.3. The van der Waals surface area contributed by atoms with Gasteiger partial charge in [-0.2, -0.15) is 0 Å². The summed E-state index contributed by atoms with van der Waals surface area (Å²) in [6.45, 7) is 60.8. The molecule has 1 aromatic heterocycles. The molecule has 0 aromatic carbocycles. The molecule has 6 fully saturated rings. The summed E-state index contributed by atoms with van der Waals surface area (Å²) in [5.41, 5.74) is 18.7. The monoisotopic (exact) mass is 1900 g/mol. The SMILES string of the molecule is C=C1N=C(N(C)C)C=CN1[C@H]1CS[C@@H](COC(C)(C)C)O1.C=C1N=C(N(C)C)C=CN1[C@H]1CS[C@@H](COCC(C)C)O1.C=C1N=C(N(C)C)C=CN1[C@H]1CS[C@@H](COCCCC)O1.C=C1NC(=NCC)C=CN1[C@H]1CS[C@@H](COC(C)(C)C)O1.C=C1NC(=O)N([C@H]2CC(N=[N+]=[N-])[C@@H](COC(C)C)O2)C=C1C.Cc1cn([C@H]2CC(N=[N+]=[N-])[C@@H](COC(C)C)O2)c(=O)n(C(C)C)c1=O. The molecule has 131 heavy (non-hydrogen) atoms. The fourth-order valence-electron chi connectivity index (χ4n) is 13.4. The number of allylic oxidation sites excluding steroid dienone is 1. The predicted octanol–water partition coefficient (Wildman–Crippen LogP) is 14.8. The minimum atomic E-state index is -0.604. The van der Waals surface area contributed by atoms with Crippen molar-refractivity contribution in [2.45, 2.75) is 263 Å². The molecule has 1 aromatic rings. The standard InChI is InChI=1S/C16H25N5O4.4C15H25N3O2S.C14H21N5O3/c1-9(2)21-15(22)11(5)7-20(16(21)23)14-6-12(18-19-17)13(25-14)8-24-10(3)4;1-11-16-12(17(5)6)7-8-18(11)13-10-21-14(20-13)9-19-15(2,3)4;1-11(2)8-19-9-15-20-14(10-21-15)18-7-6-13(17(4)5)16-12(18)3;1-6-16-12-7-8-18(11(2)17-12)13-10-21-14(20-13)9-19-15(3,4)5;1-5-6-9-19-10-15-20-14(11-21-15)18-8-7-13(17(3)4)16-12(18)2;1-8(2)21-7-12-11(17-18-15)5-13(22-12)19-6-9(3)10(4)16-14(19)20/h7,9-10,12-14H,6,8H2,1-5H3;7-8,13-14H,1,9-10H2,2-6H3;6-7,11,14-15H,3,8-10H2,1-2,4-5H3;7-8,13-14H,2,6,9-10H2,1,3-5H3,(H,16,17);7-8,14-15H,2,5-6,9-11H2,1,3-4H3;6,8,11-13H,4-5,7H2,1-3H3,(H,16,20)/t12?,13-,14-;13-,14+;14-,15+;13-,14+;14-,15+;11?,12-,13-/m111111/s1. The Balaban J connectivity index is 0.000000215. The van der Waals surface area contributed by atoms with Crippen LogP contribution in [0.2, 0.25) is 0 Å². The smallest absolute Gasteiger partial charge is 0.333 e. The summed E-state index contributed by atoms with van der Waals surface area (Å²) in [5.74, 6) is 10.6. The van der Waals surface area contributed by atoms with Crippen molar-refractivity contribution >= 4 is 76.4 Å². The van der Waals surface area contributed by atoms with Crippen molar-refractivity contribution in [3.63, 3.8) is 0 Å². The zero-order valence-electron chi connectivity index (χ0n) is 81.4. The molecule has 730 valence electrons. The highest BCUT2D eigenvalue weighted by Gasteiger charge is 2.43. The van der Waals surface area contributed by atoms with Crippen LogP contribution in [0.15, 0.2) is 169 Å². The number of likely N-dealkylation sites (N-methyl/N-ethyl adjacent to an activating group) is 3. The molecule has 2 N–H and O–H groups in total. The van der Waals surface area contributed by atoms with E-state index in [1.54, 1.807) is 74.0 Å². The molecule has 12 rings (SSSR count). The van der Waals surface area contributed by atoms with Gasteiger partial charge in [-0.1, -0.05) is 70.3 Å². The number of nitrogens with one attached hydrogen (secondary N) is 2. The van der Waals surface area contributed by atoms with Gasteiger partial charge in [0.2, 0.25) is 0 Å². The summed E-state index contributed by atoms with van der Waals surface area (Å²) in [6.07, 6.45) is 20.2. The summed E-state index contributed by atoms with van der Waals surface area (Å²) in [7, 11) is 11.8. The van der Waals surface area contributed by atoms with Crippen molar-refractivity contribution in [3.05, 3.63) is 176 Å². The molecule has 0 bridgehead atoms. The quantitative estimate of drug-likeness (QED) is 0.0325. The Labute approximate surface area is 792 Å². The van der Waals surface area contributed by atoms with Gasteiger partial charge in [0.05, 0.1) is 87.3 Å². The van der Waals surface area contributed by atoms with Gasteiger partial charge >= 0.3 is 11.7 Å². The van der Waals surface area contributed by atoms with Crippen LogP contribution in [-0.4, -0.2) is 303 Å². The summed E-state index contributed by atoms with van der Waals surface area (Å²) in [4.78, 5) is 75.9. The van der Waals surface area contributed by atoms with Gasteiger partial charge in [-0.3, -0.25) is 23.8 Å². The molecule has 0 spiro atoms. The van der Waals surface area contributed by atoms with Crippen LogP contribution in [0.1, 0.15) is 161 Å². The van der Waals surface area contributed by atoms with Crippen LogP contribution in [0.25, 0.3) is 20.9 Å². The third-order valence-electron chi connectivity index (χ3n) is 20.3. The Morgan fingerprint density at radius 1 is 0.550 bits per heavy atom. The molecule has 0 saturated carbocycles. The molecule has 14 atom stereocenters. The van der Waals surface area contributed by atoms with Crippen LogP contribution in [0.3, 0.4) is 0 Å². The molecule has 11 aliphatic heterocycles. The fourth-order valence-corrected chi connectivity index (χ4v) is 17.4. The number of hydrogen-bond acceptors (Lipinski definition) is 32. The van der Waals surface area contributed by atoms with Gasteiger partial charge in [0.15, 0.2) is 0 Å². The first-order valence-electron chi connectivity index (χ1n) is 44.6. The zero-order chi connectivity index (χ0) is 96.7. The lowest BCUT2D eigenvalue weighted by Crippen LogP contribution is -2.45. The van der Waals surface area contributed by atoms with Crippen molar-refractivity contribution in [1.82, 2.24) is 59.0 Å². The summed E-state index contributed by atoms with van der Waals surface area (Å²) in [6, 6.07) is -1.35. The number of carbonyl (C=O) groups is 1. The van der Waals surface area contributed by atoms with Crippen LogP contribution in [0.5, 0.6) is 0 Å². The number of azide groups is 2. The highest BCUT2D eigenvalue weighted by atomic mass is 32.2. The van der Waals surface area contributed by atoms with E-state index in [-0.39, 0.29) is 106 Å². The van der Waals surface area contributed by atoms with Gasteiger partial charge in [0, 0.05) is 162 Å². The molecule has 12 heterocycles. The third-order valence-corrected chi connectivity index (χ3v) is 24.7. The van der Waals surface area contributed by atoms with E-state index >= 15 is 0 Å². The molecular formula is C90H146N22O15S4. The second-order valence-electron chi connectivity index (χ2n) is 35.7. The van der Waals surface area contributed by atoms with Crippen molar-refractivity contribution in [3.8, 4) is 0 Å². The van der Waals surface area contributed by atoms with Crippen LogP contribution in [0, 0.1) is 12.8 Å². The van der Waals surface area contributed by atoms with E-state index in [2.05, 4.69) is 146 Å². The maximum Gasteiger partial charge on any atom is 0.333 e. The van der Waals surface area contributed by atoms with E-state index < -0.39 is 30.3 Å². The van der Waals surface area contributed by atoms with Crippen molar-refractivity contribution in [2.75, 3.05) is 125 Å². The van der Waals surface area contributed by atoms with E-state index in [9.17, 15) is 14.4 Å². The Bertz CT molecular complexity index is 4480. The average Bonchev–Trinajstić information content (AvgIpc) is 1.74. The normalized spacial score (nSPS) is 26.1. The van der Waals surface area contributed by atoms with Gasteiger partial charge < -0.3 is 102 Å². The van der Waals surface area contributed by atoms with E-state index in [0.29, 0.717) is 68.9 Å². The van der Waals surface area contributed by atoms with Gasteiger partial charge in [-0.25, -0.2) is 24.6 Å². The number of nitrogens with zero attached hydrogens (tertiary/aromatic N) is 20. The molecule has 41 heteroatoms. The van der Waals surface area contributed by atoms with Crippen LogP contribution in [-0.2, 0) is 56.8 Å². The fraction of sp³-hybridized carbons (Fsp3) is 0.678. The van der Waals surface area contributed by atoms with Crippen molar-refractivity contribution < 1.29 is 61.6 Å². The number of hydrogen-bond donors (Lipinski definition) is 2. The number of amides is 2. The summed E-state index contributed by atoms with van der Waals surface area (Å²) >= 11 is 7.12. The Hall–Kier alpha value is -8.03. The molecule has 37 nitrogen and oxygen atoms in total. The lowest BCUT2D eigenvalue weighted by atomic mass is 10.1. The number of urea groups is 1. The summed E-state index contributed by atoms with van der Waals surface area (Å²) < 4.78 is 72.5. The van der Waals surface area contributed by atoms with Gasteiger partial charge in [-0.05, 0) is 157 Å². The number of amidine groups is 4. The highest BCUT2D eigenvalue weighted by molar-refractivity contribution is 8.00. The van der Waals surface area contributed by atoms with Gasteiger partial charge in [0.25, 0.3) is 5.56 Å². The van der Waals surface area contributed by atoms with E-state index in [1.807, 2.05) is 167 Å². The van der Waals surface area contributed by atoms with Crippen LogP contribution in [0.4, 0.5) is 4.79 Å². The summed E-state index contributed by atoms with van der Waals surface area (Å²) in [5, 5.41) is 13.4.